The molecule has 1 aliphatic heterocycles. The molecule has 4 rings (SSSR count). The van der Waals surface area contributed by atoms with E-state index in [4.69, 9.17) is 14.9 Å². The van der Waals surface area contributed by atoms with Crippen molar-refractivity contribution in [1.29, 1.82) is 0 Å². The van der Waals surface area contributed by atoms with Gasteiger partial charge in [0.15, 0.2) is 5.17 Å². The number of aryl methyl sites for hydroxylation is 1. The molecule has 0 fully saturated rings. The minimum Gasteiger partial charge on any atom is -0.477 e. The lowest BCUT2D eigenvalue weighted by Crippen LogP contribution is -2.14. The first-order valence-corrected chi connectivity index (χ1v) is 10.1. The van der Waals surface area contributed by atoms with E-state index in [1.165, 1.54) is 11.8 Å². The van der Waals surface area contributed by atoms with Gasteiger partial charge in [0, 0.05) is 24.2 Å². The molecule has 1 unspecified atom stereocenters. The lowest BCUT2D eigenvalue weighted by Gasteiger charge is -2.08. The summed E-state index contributed by atoms with van der Waals surface area (Å²) in [6.45, 7) is 2.34. The maximum Gasteiger partial charge on any atom is 0.261 e. The average molecular weight is 408 g/mol. The van der Waals surface area contributed by atoms with Crippen molar-refractivity contribution < 1.29 is 13.9 Å². The van der Waals surface area contributed by atoms with E-state index in [1.54, 1.807) is 12.3 Å². The maximum absolute atomic E-state index is 11.7. The molecule has 148 valence electrons. The van der Waals surface area contributed by atoms with Crippen LogP contribution in [0.4, 0.5) is 0 Å². The molecule has 8 heteroatoms. The van der Waals surface area contributed by atoms with Gasteiger partial charge in [-0.05, 0) is 31.0 Å². The second-order valence-electron chi connectivity index (χ2n) is 6.59. The van der Waals surface area contributed by atoms with E-state index in [2.05, 4.69) is 15.0 Å². The number of aliphatic imine (C=N–C) groups is 1. The Morgan fingerprint density at radius 1 is 1.21 bits per heavy atom. The molecule has 0 saturated heterocycles. The van der Waals surface area contributed by atoms with Gasteiger partial charge in [-0.25, -0.2) is 9.97 Å². The molecule has 3 aromatic rings. The van der Waals surface area contributed by atoms with Gasteiger partial charge in [-0.15, -0.1) is 0 Å². The van der Waals surface area contributed by atoms with Gasteiger partial charge in [0.2, 0.25) is 11.8 Å². The zero-order chi connectivity index (χ0) is 20.2. The van der Waals surface area contributed by atoms with Crippen LogP contribution < -0.4 is 10.5 Å². The van der Waals surface area contributed by atoms with E-state index < -0.39 is 0 Å². The summed E-state index contributed by atoms with van der Waals surface area (Å²) in [4.78, 5) is 24.3. The van der Waals surface area contributed by atoms with Crippen molar-refractivity contribution in [2.45, 2.75) is 25.0 Å². The molecule has 0 aliphatic carbocycles. The number of thioether (sulfide) groups is 1. The number of hydrogen-bond acceptors (Lipinski definition) is 7. The van der Waals surface area contributed by atoms with Crippen LogP contribution in [0.3, 0.4) is 0 Å². The van der Waals surface area contributed by atoms with Crippen molar-refractivity contribution in [3.05, 3.63) is 65.7 Å². The van der Waals surface area contributed by atoms with Crippen molar-refractivity contribution in [2.75, 3.05) is 6.61 Å². The number of ether oxygens (including phenoxy) is 1. The lowest BCUT2D eigenvalue weighted by atomic mass is 10.1. The minimum absolute atomic E-state index is 0.189. The fourth-order valence-electron chi connectivity index (χ4n) is 2.98. The van der Waals surface area contributed by atoms with Crippen molar-refractivity contribution in [2.24, 2.45) is 10.7 Å². The maximum atomic E-state index is 11.7. The minimum atomic E-state index is -0.266. The summed E-state index contributed by atoms with van der Waals surface area (Å²) in [5.41, 5.74) is 8.34. The van der Waals surface area contributed by atoms with Gasteiger partial charge in [-0.2, -0.15) is 4.99 Å². The Kier molecular flexibility index (Phi) is 5.62. The van der Waals surface area contributed by atoms with Crippen LogP contribution in [0.2, 0.25) is 0 Å². The van der Waals surface area contributed by atoms with Gasteiger partial charge in [0.25, 0.3) is 5.91 Å². The predicted octanol–water partition coefficient (Wildman–Crippen LogP) is 3.17. The number of hydrogen-bond donors (Lipinski definition) is 1. The highest BCUT2D eigenvalue weighted by Gasteiger charge is 2.27. The summed E-state index contributed by atoms with van der Waals surface area (Å²) in [5.74, 6) is 1.74. The van der Waals surface area contributed by atoms with Crippen LogP contribution in [0, 0.1) is 6.92 Å². The third-order valence-electron chi connectivity index (χ3n) is 4.48. The van der Waals surface area contributed by atoms with Crippen LogP contribution in [0.5, 0.6) is 5.88 Å². The predicted molar refractivity (Wildman–Crippen MR) is 112 cm³/mol. The molecule has 2 N–H and O–H groups in total. The standard InChI is InChI=1S/C21H20N4O3S/c1-13-16(24-20(28-13)15-5-3-2-4-6-15)9-10-27-18-8-7-14(12-23-18)11-17-19(26)25-21(22)29-17/h2-8,12,17H,9-11H2,1H3,(H2,22,25,26). The normalized spacial score (nSPS) is 16.1. The molecule has 1 aromatic carbocycles. The second kappa shape index (κ2) is 8.48. The number of benzene rings is 1. The number of amidine groups is 1. The summed E-state index contributed by atoms with van der Waals surface area (Å²) >= 11 is 1.29. The van der Waals surface area contributed by atoms with Crippen molar-refractivity contribution >= 4 is 22.8 Å². The lowest BCUT2D eigenvalue weighted by molar-refractivity contribution is -0.117. The number of aromatic nitrogens is 2. The zero-order valence-electron chi connectivity index (χ0n) is 15.9. The first-order chi connectivity index (χ1) is 14.1. The van der Waals surface area contributed by atoms with Gasteiger partial charge in [0.1, 0.15) is 5.76 Å². The number of nitrogens with zero attached hydrogens (tertiary/aromatic N) is 3. The summed E-state index contributed by atoms with van der Waals surface area (Å²) in [5, 5.41) is 0.0593. The van der Waals surface area contributed by atoms with Gasteiger partial charge in [-0.3, -0.25) is 4.79 Å². The molecule has 7 nitrogen and oxygen atoms in total. The molecule has 0 spiro atoms. The van der Waals surface area contributed by atoms with E-state index in [-0.39, 0.29) is 11.2 Å². The molecular weight excluding hydrogens is 388 g/mol. The molecule has 0 bridgehead atoms. The number of oxazole rings is 1. The summed E-state index contributed by atoms with van der Waals surface area (Å²) in [7, 11) is 0. The van der Waals surface area contributed by atoms with Crippen LogP contribution >= 0.6 is 11.8 Å². The van der Waals surface area contributed by atoms with Crippen LogP contribution in [-0.2, 0) is 17.6 Å². The number of amides is 1. The van der Waals surface area contributed by atoms with E-state index in [0.29, 0.717) is 36.4 Å². The first kappa shape index (κ1) is 19.2. The molecule has 1 atom stereocenters. The smallest absolute Gasteiger partial charge is 0.261 e. The Hall–Kier alpha value is -3.13. The number of carbonyl (C=O) groups excluding carboxylic acids is 1. The fourth-order valence-corrected chi connectivity index (χ4v) is 3.84. The van der Waals surface area contributed by atoms with E-state index in [1.807, 2.05) is 43.3 Å². The Balaban J connectivity index is 1.30. The average Bonchev–Trinajstić information content (AvgIpc) is 3.25. The van der Waals surface area contributed by atoms with Crippen LogP contribution in [-0.4, -0.2) is 32.9 Å². The van der Waals surface area contributed by atoms with E-state index in [0.717, 1.165) is 22.6 Å². The zero-order valence-corrected chi connectivity index (χ0v) is 16.7. The van der Waals surface area contributed by atoms with Gasteiger partial charge >= 0.3 is 0 Å². The summed E-state index contributed by atoms with van der Waals surface area (Å²) in [6, 6.07) is 13.5. The summed E-state index contributed by atoms with van der Waals surface area (Å²) < 4.78 is 11.5. The molecule has 0 radical (unpaired) electrons. The van der Waals surface area contributed by atoms with Gasteiger partial charge in [-0.1, -0.05) is 36.0 Å². The van der Waals surface area contributed by atoms with Crippen LogP contribution in [0.1, 0.15) is 17.0 Å². The van der Waals surface area contributed by atoms with Gasteiger partial charge < -0.3 is 14.9 Å². The molecule has 2 aromatic heterocycles. The molecule has 3 heterocycles. The van der Waals surface area contributed by atoms with E-state index >= 15 is 0 Å². The Morgan fingerprint density at radius 2 is 2.03 bits per heavy atom. The number of pyridine rings is 1. The number of carbonyl (C=O) groups is 1. The monoisotopic (exact) mass is 408 g/mol. The van der Waals surface area contributed by atoms with Crippen molar-refractivity contribution in [3.8, 4) is 17.3 Å². The van der Waals surface area contributed by atoms with Gasteiger partial charge in [0.05, 0.1) is 17.6 Å². The number of rotatable bonds is 7. The molecule has 0 saturated carbocycles. The van der Waals surface area contributed by atoms with Crippen molar-refractivity contribution in [3.63, 3.8) is 0 Å². The molecular formula is C21H20N4O3S. The Bertz CT molecular complexity index is 1030. The third kappa shape index (κ3) is 4.65. The number of nitrogens with two attached hydrogens (primary N) is 1. The Morgan fingerprint density at radius 3 is 2.72 bits per heavy atom. The highest BCUT2D eigenvalue weighted by Crippen LogP contribution is 2.24. The van der Waals surface area contributed by atoms with Crippen LogP contribution in [0.15, 0.2) is 58.1 Å². The van der Waals surface area contributed by atoms with E-state index in [9.17, 15) is 4.79 Å². The third-order valence-corrected chi connectivity index (χ3v) is 5.47. The molecule has 29 heavy (non-hydrogen) atoms. The quantitative estimate of drug-likeness (QED) is 0.640. The van der Waals surface area contributed by atoms with Crippen LogP contribution in [0.25, 0.3) is 11.5 Å². The molecule has 1 amide bonds. The molecule has 1 aliphatic rings. The largest absolute Gasteiger partial charge is 0.477 e. The highest BCUT2D eigenvalue weighted by molar-refractivity contribution is 8.15. The summed E-state index contributed by atoms with van der Waals surface area (Å²) in [6.07, 6.45) is 2.88. The highest BCUT2D eigenvalue weighted by atomic mass is 32.2. The SMILES string of the molecule is Cc1oc(-c2ccccc2)nc1CCOc1ccc(CC2SC(N)=NC2=O)cn1. The second-order valence-corrected chi connectivity index (χ2v) is 7.81. The Labute approximate surface area is 172 Å². The fraction of sp³-hybridized carbons (Fsp3) is 0.238. The first-order valence-electron chi connectivity index (χ1n) is 9.22. The topological polar surface area (TPSA) is 104 Å². The van der Waals surface area contributed by atoms with Crippen molar-refractivity contribution in [1.82, 2.24) is 9.97 Å².